The van der Waals surface area contributed by atoms with E-state index in [1.165, 1.54) is 36.0 Å². The van der Waals surface area contributed by atoms with Gasteiger partial charge in [0, 0.05) is 26.2 Å². The van der Waals surface area contributed by atoms with Gasteiger partial charge in [0.2, 0.25) is 5.91 Å². The first-order valence-corrected chi connectivity index (χ1v) is 10.1. The maximum absolute atomic E-state index is 12.4. The van der Waals surface area contributed by atoms with Gasteiger partial charge < -0.3 is 15.0 Å². The first-order chi connectivity index (χ1) is 13.1. The van der Waals surface area contributed by atoms with Crippen LogP contribution in [0.2, 0.25) is 0 Å². The van der Waals surface area contributed by atoms with E-state index in [0.29, 0.717) is 39.3 Å². The quantitative estimate of drug-likeness (QED) is 0.862. The standard InChI is InChI=1S/C21H31N3O3/c1-3-27-21(26)24-12-10-23(11-13-24)15-20(25)22-16(2)18-9-8-17-6-4-5-7-19(17)14-18/h8-9,14,16H,3-7,10-13,15H2,1-2H3,(H,22,25)/t16-/m0/s1. The van der Waals surface area contributed by atoms with Crippen molar-refractivity contribution in [2.45, 2.75) is 45.6 Å². The lowest BCUT2D eigenvalue weighted by molar-refractivity contribution is -0.123. The van der Waals surface area contributed by atoms with Gasteiger partial charge >= 0.3 is 6.09 Å². The minimum atomic E-state index is -0.261. The Morgan fingerprint density at radius 3 is 2.52 bits per heavy atom. The second-order valence-corrected chi connectivity index (χ2v) is 7.49. The lowest BCUT2D eigenvalue weighted by Crippen LogP contribution is -2.51. The molecule has 1 aromatic carbocycles. The summed E-state index contributed by atoms with van der Waals surface area (Å²) in [6.45, 7) is 7.20. The molecule has 3 rings (SSSR count). The van der Waals surface area contributed by atoms with Crippen molar-refractivity contribution in [2.75, 3.05) is 39.3 Å². The van der Waals surface area contributed by atoms with E-state index in [9.17, 15) is 9.59 Å². The third kappa shape index (κ3) is 5.22. The van der Waals surface area contributed by atoms with Crippen LogP contribution < -0.4 is 5.32 Å². The Morgan fingerprint density at radius 1 is 1.11 bits per heavy atom. The molecule has 6 heteroatoms. The Kier molecular flexibility index (Phi) is 6.72. The normalized spacial score (nSPS) is 18.5. The average molecular weight is 373 g/mol. The summed E-state index contributed by atoms with van der Waals surface area (Å²) in [7, 11) is 0. The number of ether oxygens (including phenoxy) is 1. The second kappa shape index (κ2) is 9.22. The van der Waals surface area contributed by atoms with E-state index in [1.54, 1.807) is 4.90 Å². The summed E-state index contributed by atoms with van der Waals surface area (Å²) >= 11 is 0. The smallest absolute Gasteiger partial charge is 0.409 e. The fraction of sp³-hybridized carbons (Fsp3) is 0.619. The number of nitrogens with one attached hydrogen (secondary N) is 1. The average Bonchev–Trinajstić information content (AvgIpc) is 2.68. The van der Waals surface area contributed by atoms with Crippen molar-refractivity contribution in [3.63, 3.8) is 0 Å². The topological polar surface area (TPSA) is 61.9 Å². The molecule has 1 heterocycles. The van der Waals surface area contributed by atoms with E-state index >= 15 is 0 Å². The van der Waals surface area contributed by atoms with Crippen molar-refractivity contribution in [1.29, 1.82) is 0 Å². The summed E-state index contributed by atoms with van der Waals surface area (Å²) in [5, 5.41) is 3.12. The van der Waals surface area contributed by atoms with E-state index in [2.05, 4.69) is 28.4 Å². The highest BCUT2D eigenvalue weighted by molar-refractivity contribution is 5.78. The van der Waals surface area contributed by atoms with E-state index in [0.717, 1.165) is 6.42 Å². The minimum absolute atomic E-state index is 0.00514. The molecule has 0 aromatic heterocycles. The molecule has 0 bridgehead atoms. The molecule has 0 unspecified atom stereocenters. The van der Waals surface area contributed by atoms with Crippen LogP contribution in [0, 0.1) is 0 Å². The molecular formula is C21H31N3O3. The van der Waals surface area contributed by atoms with Gasteiger partial charge in [0.1, 0.15) is 0 Å². The van der Waals surface area contributed by atoms with Crippen LogP contribution in [0.1, 0.15) is 49.4 Å². The molecule has 1 saturated heterocycles. The number of hydrogen-bond donors (Lipinski definition) is 1. The Hall–Kier alpha value is -2.08. The fourth-order valence-corrected chi connectivity index (χ4v) is 3.90. The molecule has 0 saturated carbocycles. The van der Waals surface area contributed by atoms with Crippen molar-refractivity contribution in [1.82, 2.24) is 15.1 Å². The number of carbonyl (C=O) groups excluding carboxylic acids is 2. The molecular weight excluding hydrogens is 342 g/mol. The maximum atomic E-state index is 12.4. The third-order valence-electron chi connectivity index (χ3n) is 5.52. The first-order valence-electron chi connectivity index (χ1n) is 10.1. The Labute approximate surface area is 161 Å². The van der Waals surface area contributed by atoms with Crippen molar-refractivity contribution >= 4 is 12.0 Å². The van der Waals surface area contributed by atoms with Gasteiger partial charge in [-0.25, -0.2) is 4.79 Å². The van der Waals surface area contributed by atoms with E-state index < -0.39 is 0 Å². The summed E-state index contributed by atoms with van der Waals surface area (Å²) in [5.41, 5.74) is 4.08. The highest BCUT2D eigenvalue weighted by Gasteiger charge is 2.23. The maximum Gasteiger partial charge on any atom is 0.409 e. The lowest BCUT2D eigenvalue weighted by atomic mass is 9.89. The third-order valence-corrected chi connectivity index (χ3v) is 5.52. The van der Waals surface area contributed by atoms with E-state index in [1.807, 2.05) is 13.8 Å². The number of aryl methyl sites for hydroxylation is 2. The highest BCUT2D eigenvalue weighted by atomic mass is 16.6. The van der Waals surface area contributed by atoms with Crippen molar-refractivity contribution in [2.24, 2.45) is 0 Å². The van der Waals surface area contributed by atoms with Crippen LogP contribution in [0.25, 0.3) is 0 Å². The molecule has 1 aliphatic heterocycles. The number of nitrogens with zero attached hydrogens (tertiary/aromatic N) is 2. The van der Waals surface area contributed by atoms with Gasteiger partial charge in [-0.2, -0.15) is 0 Å². The Balaban J connectivity index is 1.46. The van der Waals surface area contributed by atoms with Crippen LogP contribution in [0.5, 0.6) is 0 Å². The fourth-order valence-electron chi connectivity index (χ4n) is 3.90. The van der Waals surface area contributed by atoms with Gasteiger partial charge in [0.15, 0.2) is 0 Å². The van der Waals surface area contributed by atoms with Gasteiger partial charge in [-0.05, 0) is 56.2 Å². The molecule has 0 radical (unpaired) electrons. The predicted octanol–water partition coefficient (Wildman–Crippen LogP) is 2.52. The molecule has 1 atom stereocenters. The van der Waals surface area contributed by atoms with Crippen LogP contribution in [0.4, 0.5) is 4.79 Å². The summed E-state index contributed by atoms with van der Waals surface area (Å²) in [4.78, 5) is 28.0. The Bertz CT molecular complexity index is 669. The van der Waals surface area contributed by atoms with E-state index in [4.69, 9.17) is 4.74 Å². The lowest BCUT2D eigenvalue weighted by Gasteiger charge is -2.33. The molecule has 1 aromatic rings. The summed E-state index contributed by atoms with van der Waals surface area (Å²) in [6.07, 6.45) is 4.60. The number of piperazine rings is 1. The number of hydrogen-bond acceptors (Lipinski definition) is 4. The predicted molar refractivity (Wildman–Crippen MR) is 105 cm³/mol. The SMILES string of the molecule is CCOC(=O)N1CCN(CC(=O)N[C@@H](C)c2ccc3c(c2)CCCC3)CC1. The molecule has 1 aliphatic carbocycles. The zero-order valence-electron chi connectivity index (χ0n) is 16.5. The molecule has 148 valence electrons. The van der Waals surface area contributed by atoms with Crippen molar-refractivity contribution < 1.29 is 14.3 Å². The van der Waals surface area contributed by atoms with Gasteiger partial charge in [-0.15, -0.1) is 0 Å². The number of benzene rings is 1. The molecule has 27 heavy (non-hydrogen) atoms. The monoisotopic (exact) mass is 373 g/mol. The summed E-state index contributed by atoms with van der Waals surface area (Å²) in [6, 6.07) is 6.64. The molecule has 6 nitrogen and oxygen atoms in total. The summed E-state index contributed by atoms with van der Waals surface area (Å²) < 4.78 is 5.03. The zero-order chi connectivity index (χ0) is 19.2. The number of carbonyl (C=O) groups is 2. The molecule has 1 N–H and O–H groups in total. The minimum Gasteiger partial charge on any atom is -0.450 e. The van der Waals surface area contributed by atoms with Crippen LogP contribution in [-0.2, 0) is 22.4 Å². The number of amides is 2. The Morgan fingerprint density at radius 2 is 1.81 bits per heavy atom. The summed E-state index contributed by atoms with van der Waals surface area (Å²) in [5.74, 6) is 0.0322. The molecule has 1 fully saturated rings. The largest absolute Gasteiger partial charge is 0.450 e. The van der Waals surface area contributed by atoms with Gasteiger partial charge in [0.25, 0.3) is 0 Å². The van der Waals surface area contributed by atoms with Crippen LogP contribution in [0.3, 0.4) is 0 Å². The van der Waals surface area contributed by atoms with Gasteiger partial charge in [-0.1, -0.05) is 18.2 Å². The van der Waals surface area contributed by atoms with Crippen LogP contribution >= 0.6 is 0 Å². The zero-order valence-corrected chi connectivity index (χ0v) is 16.5. The van der Waals surface area contributed by atoms with Gasteiger partial charge in [0.05, 0.1) is 19.2 Å². The van der Waals surface area contributed by atoms with Crippen LogP contribution in [-0.4, -0.2) is 61.1 Å². The number of rotatable bonds is 5. The van der Waals surface area contributed by atoms with Crippen LogP contribution in [0.15, 0.2) is 18.2 Å². The number of fused-ring (bicyclic) bond motifs is 1. The molecule has 2 amide bonds. The first kappa shape index (κ1) is 19.7. The second-order valence-electron chi connectivity index (χ2n) is 7.49. The molecule has 0 spiro atoms. The van der Waals surface area contributed by atoms with Gasteiger partial charge in [-0.3, -0.25) is 9.69 Å². The highest BCUT2D eigenvalue weighted by Crippen LogP contribution is 2.24. The molecule has 2 aliphatic rings. The van der Waals surface area contributed by atoms with Crippen molar-refractivity contribution in [3.8, 4) is 0 Å². The van der Waals surface area contributed by atoms with E-state index in [-0.39, 0.29) is 18.0 Å². The van der Waals surface area contributed by atoms with Crippen molar-refractivity contribution in [3.05, 3.63) is 34.9 Å².